The molecule has 92 valence electrons. The van der Waals surface area contributed by atoms with Crippen LogP contribution in [-0.4, -0.2) is 14.5 Å². The summed E-state index contributed by atoms with van der Waals surface area (Å²) in [5.74, 6) is 0.900. The molecule has 3 heterocycles. The van der Waals surface area contributed by atoms with Crippen molar-refractivity contribution < 1.29 is 0 Å². The standard InChI is InChI=1S/C13H14N4S/c1-8(2)17-12(9-5-7-18-11(9)14)16-10-4-3-6-15-13(10)17/h3-8H,14H2,1-2H3. The molecule has 0 unspecified atom stereocenters. The van der Waals surface area contributed by atoms with E-state index < -0.39 is 0 Å². The third-order valence-corrected chi connectivity index (χ3v) is 3.65. The summed E-state index contributed by atoms with van der Waals surface area (Å²) >= 11 is 1.53. The predicted octanol–water partition coefficient (Wildman–Crippen LogP) is 3.32. The van der Waals surface area contributed by atoms with Gasteiger partial charge in [-0.15, -0.1) is 11.3 Å². The molecule has 0 radical (unpaired) electrons. The molecule has 0 bridgehead atoms. The van der Waals surface area contributed by atoms with Crippen LogP contribution in [-0.2, 0) is 0 Å². The number of nitrogens with two attached hydrogens (primary N) is 1. The normalized spacial score (nSPS) is 11.5. The zero-order valence-corrected chi connectivity index (χ0v) is 11.1. The molecule has 3 aromatic rings. The monoisotopic (exact) mass is 258 g/mol. The Bertz CT molecular complexity index is 696. The Balaban J connectivity index is 2.35. The number of fused-ring (bicyclic) bond motifs is 1. The Labute approximate surface area is 109 Å². The van der Waals surface area contributed by atoms with E-state index in [1.54, 1.807) is 6.20 Å². The number of aromatic nitrogens is 3. The molecular formula is C13H14N4S. The Morgan fingerprint density at radius 3 is 2.83 bits per heavy atom. The summed E-state index contributed by atoms with van der Waals surface area (Å²) < 4.78 is 2.13. The topological polar surface area (TPSA) is 56.7 Å². The van der Waals surface area contributed by atoms with Crippen molar-refractivity contribution >= 4 is 27.5 Å². The minimum absolute atomic E-state index is 0.291. The summed E-state index contributed by atoms with van der Waals surface area (Å²) in [6.07, 6.45) is 1.80. The number of nitrogens with zero attached hydrogens (tertiary/aromatic N) is 3. The third-order valence-electron chi connectivity index (χ3n) is 2.90. The van der Waals surface area contributed by atoms with E-state index in [0.29, 0.717) is 6.04 Å². The smallest absolute Gasteiger partial charge is 0.160 e. The summed E-state index contributed by atoms with van der Waals surface area (Å²) in [5.41, 5.74) is 8.82. The maximum Gasteiger partial charge on any atom is 0.160 e. The summed E-state index contributed by atoms with van der Waals surface area (Å²) in [5, 5.41) is 2.79. The zero-order chi connectivity index (χ0) is 12.7. The first-order chi connectivity index (χ1) is 8.68. The third kappa shape index (κ3) is 1.59. The second-order valence-corrected chi connectivity index (χ2v) is 5.39. The molecule has 5 heteroatoms. The molecule has 0 aromatic carbocycles. The Kier molecular flexibility index (Phi) is 2.56. The van der Waals surface area contributed by atoms with E-state index in [1.165, 1.54) is 11.3 Å². The lowest BCUT2D eigenvalue weighted by atomic mass is 10.2. The van der Waals surface area contributed by atoms with Gasteiger partial charge in [0.2, 0.25) is 0 Å². The van der Waals surface area contributed by atoms with E-state index in [1.807, 2.05) is 23.6 Å². The number of anilines is 1. The number of nitrogen functional groups attached to an aromatic ring is 1. The fraction of sp³-hybridized carbons (Fsp3) is 0.231. The van der Waals surface area contributed by atoms with Crippen LogP contribution >= 0.6 is 11.3 Å². The minimum atomic E-state index is 0.291. The highest BCUT2D eigenvalue weighted by atomic mass is 32.1. The number of hydrogen-bond acceptors (Lipinski definition) is 4. The van der Waals surface area contributed by atoms with Gasteiger partial charge in [0.05, 0.1) is 10.6 Å². The Hall–Kier alpha value is -1.88. The van der Waals surface area contributed by atoms with E-state index in [-0.39, 0.29) is 0 Å². The average Bonchev–Trinajstić information content (AvgIpc) is 2.91. The molecule has 0 spiro atoms. The lowest BCUT2D eigenvalue weighted by Gasteiger charge is -2.11. The highest BCUT2D eigenvalue weighted by Crippen LogP contribution is 2.33. The van der Waals surface area contributed by atoms with Crippen molar-refractivity contribution in [1.29, 1.82) is 0 Å². The van der Waals surface area contributed by atoms with Crippen LogP contribution in [0.4, 0.5) is 5.00 Å². The van der Waals surface area contributed by atoms with Crippen LogP contribution in [0.5, 0.6) is 0 Å². The number of hydrogen-bond donors (Lipinski definition) is 1. The molecule has 0 saturated heterocycles. The molecular weight excluding hydrogens is 244 g/mol. The molecule has 0 aliphatic rings. The van der Waals surface area contributed by atoms with Gasteiger partial charge in [0.15, 0.2) is 5.65 Å². The fourth-order valence-electron chi connectivity index (χ4n) is 2.11. The van der Waals surface area contributed by atoms with Gasteiger partial charge in [0.1, 0.15) is 11.3 Å². The SMILES string of the molecule is CC(C)n1c(-c2ccsc2N)nc2cccnc21. The first-order valence-electron chi connectivity index (χ1n) is 5.84. The summed E-state index contributed by atoms with van der Waals surface area (Å²) in [7, 11) is 0. The fourth-order valence-corrected chi connectivity index (χ4v) is 2.75. The van der Waals surface area contributed by atoms with Gasteiger partial charge in [-0.3, -0.25) is 0 Å². The molecule has 3 rings (SSSR count). The van der Waals surface area contributed by atoms with Crippen LogP contribution in [0.25, 0.3) is 22.6 Å². The van der Waals surface area contributed by atoms with Gasteiger partial charge < -0.3 is 10.3 Å². The lowest BCUT2D eigenvalue weighted by molar-refractivity contribution is 0.620. The zero-order valence-electron chi connectivity index (χ0n) is 10.3. The van der Waals surface area contributed by atoms with Gasteiger partial charge in [-0.2, -0.15) is 0 Å². The maximum atomic E-state index is 6.01. The van der Waals surface area contributed by atoms with Crippen LogP contribution in [0.2, 0.25) is 0 Å². The molecule has 0 atom stereocenters. The molecule has 0 fully saturated rings. The maximum absolute atomic E-state index is 6.01. The average molecular weight is 258 g/mol. The highest BCUT2D eigenvalue weighted by Gasteiger charge is 2.17. The van der Waals surface area contributed by atoms with E-state index in [9.17, 15) is 0 Å². The van der Waals surface area contributed by atoms with Crippen LogP contribution in [0, 0.1) is 0 Å². The van der Waals surface area contributed by atoms with Gasteiger partial charge in [0.25, 0.3) is 0 Å². The summed E-state index contributed by atoms with van der Waals surface area (Å²) in [6, 6.07) is 6.19. The number of pyridine rings is 1. The van der Waals surface area contributed by atoms with E-state index in [2.05, 4.69) is 28.4 Å². The second-order valence-electron chi connectivity index (χ2n) is 4.44. The van der Waals surface area contributed by atoms with E-state index in [4.69, 9.17) is 5.73 Å². The Morgan fingerprint density at radius 1 is 1.33 bits per heavy atom. The summed E-state index contributed by atoms with van der Waals surface area (Å²) in [4.78, 5) is 9.09. The van der Waals surface area contributed by atoms with E-state index >= 15 is 0 Å². The van der Waals surface area contributed by atoms with E-state index in [0.717, 1.165) is 27.6 Å². The largest absolute Gasteiger partial charge is 0.390 e. The molecule has 0 saturated carbocycles. The predicted molar refractivity (Wildman–Crippen MR) is 75.6 cm³/mol. The number of thiophene rings is 1. The van der Waals surface area contributed by atoms with Gasteiger partial charge >= 0.3 is 0 Å². The quantitative estimate of drug-likeness (QED) is 0.767. The highest BCUT2D eigenvalue weighted by molar-refractivity contribution is 7.14. The second kappa shape index (κ2) is 4.10. The van der Waals surface area contributed by atoms with Crippen molar-refractivity contribution in [2.75, 3.05) is 5.73 Å². The minimum Gasteiger partial charge on any atom is -0.390 e. The molecule has 2 N–H and O–H groups in total. The first-order valence-corrected chi connectivity index (χ1v) is 6.72. The van der Waals surface area contributed by atoms with Gasteiger partial charge in [-0.25, -0.2) is 9.97 Å². The van der Waals surface area contributed by atoms with Crippen molar-refractivity contribution in [1.82, 2.24) is 14.5 Å². The van der Waals surface area contributed by atoms with Crippen LogP contribution < -0.4 is 5.73 Å². The van der Waals surface area contributed by atoms with Gasteiger partial charge in [0, 0.05) is 12.2 Å². The Morgan fingerprint density at radius 2 is 2.17 bits per heavy atom. The van der Waals surface area contributed by atoms with Crippen molar-refractivity contribution in [2.45, 2.75) is 19.9 Å². The molecule has 0 aliphatic heterocycles. The van der Waals surface area contributed by atoms with Crippen LogP contribution in [0.15, 0.2) is 29.8 Å². The molecule has 4 nitrogen and oxygen atoms in total. The first kappa shape index (κ1) is 11.2. The molecule has 0 aliphatic carbocycles. The van der Waals surface area contributed by atoms with Gasteiger partial charge in [-0.05, 0) is 37.4 Å². The number of imidazole rings is 1. The molecule has 18 heavy (non-hydrogen) atoms. The summed E-state index contributed by atoms with van der Waals surface area (Å²) in [6.45, 7) is 4.25. The molecule has 0 amide bonds. The van der Waals surface area contributed by atoms with Crippen LogP contribution in [0.3, 0.4) is 0 Å². The number of rotatable bonds is 2. The van der Waals surface area contributed by atoms with Crippen molar-refractivity contribution in [3.63, 3.8) is 0 Å². The van der Waals surface area contributed by atoms with Gasteiger partial charge in [-0.1, -0.05) is 0 Å². The molecule has 3 aromatic heterocycles. The van der Waals surface area contributed by atoms with Crippen molar-refractivity contribution in [3.05, 3.63) is 29.8 Å². The van der Waals surface area contributed by atoms with Crippen molar-refractivity contribution in [3.8, 4) is 11.4 Å². The lowest BCUT2D eigenvalue weighted by Crippen LogP contribution is -2.04. The van der Waals surface area contributed by atoms with Crippen molar-refractivity contribution in [2.24, 2.45) is 0 Å². The van der Waals surface area contributed by atoms with Crippen LogP contribution in [0.1, 0.15) is 19.9 Å².